The molecule has 0 bridgehead atoms. The van der Waals surface area contributed by atoms with Crippen molar-refractivity contribution < 1.29 is 19.1 Å². The molecule has 0 aromatic heterocycles. The van der Waals surface area contributed by atoms with Gasteiger partial charge >= 0.3 is 0 Å². The number of aldehydes is 2. The molecule has 2 aromatic carbocycles. The Labute approximate surface area is 266 Å². The molecule has 244 valence electrons. The summed E-state index contributed by atoms with van der Waals surface area (Å²) >= 11 is 5.68. The number of amides is 1. The summed E-state index contributed by atoms with van der Waals surface area (Å²) in [7, 11) is 5.51. The molecule has 2 rings (SSSR count). The first-order chi connectivity index (χ1) is 20.5. The zero-order chi connectivity index (χ0) is 33.8. The van der Waals surface area contributed by atoms with E-state index in [4.69, 9.17) is 16.3 Å². The van der Waals surface area contributed by atoms with E-state index in [0.29, 0.717) is 41.3 Å². The number of nitrogens with one attached hydrogen (secondary N) is 4. The average Bonchev–Trinajstić information content (AvgIpc) is 3.00. The molecule has 0 heterocycles. The Bertz CT molecular complexity index is 1040. The summed E-state index contributed by atoms with van der Waals surface area (Å²) < 4.78 is 5.19. The minimum Gasteiger partial charge on any atom is -0.493 e. The lowest BCUT2D eigenvalue weighted by molar-refractivity contribution is -0.123. The molecule has 0 aliphatic rings. The number of allylic oxidation sites excluding steroid dienone is 2. The van der Waals surface area contributed by atoms with Crippen molar-refractivity contribution in [2.24, 2.45) is 11.3 Å². The summed E-state index contributed by atoms with van der Waals surface area (Å²) in [6, 6.07) is 15.0. The van der Waals surface area contributed by atoms with E-state index < -0.39 is 0 Å². The van der Waals surface area contributed by atoms with Gasteiger partial charge in [0, 0.05) is 43.5 Å². The maximum Gasteiger partial charge on any atom is 0.225 e. The highest BCUT2D eigenvalue weighted by Crippen LogP contribution is 2.21. The predicted molar refractivity (Wildman–Crippen MR) is 184 cm³/mol. The Morgan fingerprint density at radius 1 is 0.977 bits per heavy atom. The smallest absolute Gasteiger partial charge is 0.225 e. The van der Waals surface area contributed by atoms with E-state index in [0.717, 1.165) is 24.2 Å². The summed E-state index contributed by atoms with van der Waals surface area (Å²) in [5.41, 5.74) is 2.57. The highest BCUT2D eigenvalue weighted by atomic mass is 35.5. The molecular formula is C34H57ClN4O4. The number of ether oxygens (including phenoxy) is 1. The number of para-hydroxylation sites is 1. The number of carbonyl (C=O) groups is 3. The van der Waals surface area contributed by atoms with Crippen LogP contribution in [0, 0.1) is 11.3 Å². The number of rotatable bonds is 12. The monoisotopic (exact) mass is 620 g/mol. The van der Waals surface area contributed by atoms with E-state index in [1.807, 2.05) is 107 Å². The molecule has 43 heavy (non-hydrogen) atoms. The van der Waals surface area contributed by atoms with Crippen molar-refractivity contribution in [3.63, 3.8) is 0 Å². The third kappa shape index (κ3) is 21.1. The number of hydrogen-bond donors (Lipinski definition) is 4. The Balaban J connectivity index is -0.000000566. The zero-order valence-electron chi connectivity index (χ0n) is 28.5. The van der Waals surface area contributed by atoms with Gasteiger partial charge in [-0.3, -0.25) is 14.4 Å². The number of benzene rings is 2. The van der Waals surface area contributed by atoms with Crippen molar-refractivity contribution in [3.8, 4) is 5.75 Å². The third-order valence-electron chi connectivity index (χ3n) is 5.28. The Morgan fingerprint density at radius 3 is 1.95 bits per heavy atom. The first kappa shape index (κ1) is 44.1. The van der Waals surface area contributed by atoms with Crippen LogP contribution in [-0.4, -0.2) is 52.8 Å². The van der Waals surface area contributed by atoms with Gasteiger partial charge in [-0.05, 0) is 55.6 Å². The quantitative estimate of drug-likeness (QED) is 0.145. The largest absolute Gasteiger partial charge is 0.493 e. The first-order valence-corrected chi connectivity index (χ1v) is 15.3. The van der Waals surface area contributed by atoms with Gasteiger partial charge in [0.15, 0.2) is 12.6 Å². The van der Waals surface area contributed by atoms with Crippen LogP contribution in [0.4, 0.5) is 5.69 Å². The number of halogens is 1. The molecule has 0 saturated heterocycles. The lowest BCUT2D eigenvalue weighted by atomic mass is 9.89. The molecule has 0 unspecified atom stereocenters. The lowest BCUT2D eigenvalue weighted by Crippen LogP contribution is -2.35. The van der Waals surface area contributed by atoms with Gasteiger partial charge in [-0.2, -0.15) is 0 Å². The van der Waals surface area contributed by atoms with Gasteiger partial charge in [-0.15, -0.1) is 0 Å². The Kier molecular flexibility index (Phi) is 28.2. The highest BCUT2D eigenvalue weighted by molar-refractivity contribution is 6.30. The van der Waals surface area contributed by atoms with Gasteiger partial charge in [0.05, 0.1) is 12.2 Å². The fraction of sp³-hybridized carbons (Fsp3) is 0.500. The molecule has 2 aromatic rings. The second kappa shape index (κ2) is 27.5. The Morgan fingerprint density at radius 2 is 1.56 bits per heavy atom. The van der Waals surface area contributed by atoms with Crippen LogP contribution < -0.4 is 26.0 Å². The van der Waals surface area contributed by atoms with Crippen LogP contribution in [0.1, 0.15) is 79.1 Å². The van der Waals surface area contributed by atoms with Gasteiger partial charge in [0.2, 0.25) is 5.91 Å². The van der Waals surface area contributed by atoms with Crippen molar-refractivity contribution in [2.75, 3.05) is 39.6 Å². The van der Waals surface area contributed by atoms with Crippen molar-refractivity contribution in [2.45, 2.75) is 68.7 Å². The standard InChI is InChI=1S/C14H27N3O2.C9H9ClO2.C7H9N.2C2H6/c1-10(2)13(16-6)11(8-18)17-12(19)7-14(3,4)9-15-5;1-2-12-9-4-3-8(10)5-7(9)6-11;1-8-7-5-3-2-4-6-7;2*1-2/h8,10,15-16H,7,9H2,1-6H3,(H,17,19);3-6H,2H2,1H3;2-6,8H,1H3;2*1-2H3/b13-11+;;;;. The predicted octanol–water partition coefficient (Wildman–Crippen LogP) is 7.36. The van der Waals surface area contributed by atoms with E-state index >= 15 is 0 Å². The molecule has 9 heteroatoms. The molecule has 0 saturated carbocycles. The molecular weight excluding hydrogens is 564 g/mol. The normalized spacial score (nSPS) is 10.3. The van der Waals surface area contributed by atoms with Crippen LogP contribution in [0.5, 0.6) is 5.75 Å². The van der Waals surface area contributed by atoms with E-state index in [2.05, 4.69) is 21.3 Å². The van der Waals surface area contributed by atoms with Crippen LogP contribution in [0.2, 0.25) is 5.02 Å². The molecule has 8 nitrogen and oxygen atoms in total. The second-order valence-corrected chi connectivity index (χ2v) is 10.1. The van der Waals surface area contributed by atoms with Crippen LogP contribution >= 0.6 is 11.6 Å². The van der Waals surface area contributed by atoms with E-state index in [-0.39, 0.29) is 17.2 Å². The Hall–Kier alpha value is -3.36. The number of carbonyl (C=O) groups excluding carboxylic acids is 3. The lowest BCUT2D eigenvalue weighted by Gasteiger charge is -2.24. The molecule has 1 amide bonds. The minimum absolute atomic E-state index is 0.143. The SMILES string of the molecule is CC.CC.CCOc1ccc(Cl)cc1C=O.CNCC(C)(C)CC(=O)N/C(C=O)=C(/NC)C(C)C.CNc1ccccc1. The molecule has 0 fully saturated rings. The maximum atomic E-state index is 12.0. The van der Waals surface area contributed by atoms with Crippen LogP contribution in [0.3, 0.4) is 0 Å². The maximum absolute atomic E-state index is 12.0. The third-order valence-corrected chi connectivity index (χ3v) is 5.52. The van der Waals surface area contributed by atoms with E-state index in [9.17, 15) is 14.4 Å². The summed E-state index contributed by atoms with van der Waals surface area (Å²) in [6.45, 7) is 19.1. The van der Waals surface area contributed by atoms with Gasteiger partial charge in [0.1, 0.15) is 11.4 Å². The van der Waals surface area contributed by atoms with E-state index in [1.54, 1.807) is 25.2 Å². The molecule has 0 radical (unpaired) electrons. The second-order valence-electron chi connectivity index (χ2n) is 9.62. The fourth-order valence-corrected chi connectivity index (χ4v) is 3.75. The summed E-state index contributed by atoms with van der Waals surface area (Å²) in [4.78, 5) is 33.6. The van der Waals surface area contributed by atoms with Crippen LogP contribution in [0.15, 0.2) is 59.9 Å². The molecule has 0 aliphatic carbocycles. The summed E-state index contributed by atoms with van der Waals surface area (Å²) in [5, 5.41) is 12.3. The number of hydrogen-bond acceptors (Lipinski definition) is 7. The summed E-state index contributed by atoms with van der Waals surface area (Å²) in [6.07, 6.45) is 1.78. The van der Waals surface area contributed by atoms with Crippen molar-refractivity contribution in [3.05, 3.63) is 70.5 Å². The van der Waals surface area contributed by atoms with Crippen molar-refractivity contribution in [1.29, 1.82) is 0 Å². The molecule has 0 spiro atoms. The highest BCUT2D eigenvalue weighted by Gasteiger charge is 2.22. The van der Waals surface area contributed by atoms with Gasteiger partial charge in [0.25, 0.3) is 0 Å². The topological polar surface area (TPSA) is 109 Å². The first-order valence-electron chi connectivity index (χ1n) is 14.9. The molecule has 4 N–H and O–H groups in total. The molecule has 0 aliphatic heterocycles. The summed E-state index contributed by atoms with van der Waals surface area (Å²) in [5.74, 6) is 0.587. The average molecular weight is 621 g/mol. The van der Waals surface area contributed by atoms with Gasteiger partial charge < -0.3 is 26.0 Å². The van der Waals surface area contributed by atoms with Crippen LogP contribution in [-0.2, 0) is 9.59 Å². The fourth-order valence-electron chi connectivity index (χ4n) is 3.57. The number of anilines is 1. The van der Waals surface area contributed by atoms with Crippen molar-refractivity contribution in [1.82, 2.24) is 16.0 Å². The molecule has 0 atom stereocenters. The van der Waals surface area contributed by atoms with Gasteiger partial charge in [-0.1, -0.05) is 85.2 Å². The van der Waals surface area contributed by atoms with Gasteiger partial charge in [-0.25, -0.2) is 0 Å². The van der Waals surface area contributed by atoms with E-state index in [1.165, 1.54) is 0 Å². The van der Waals surface area contributed by atoms with Crippen molar-refractivity contribution >= 4 is 35.8 Å². The van der Waals surface area contributed by atoms with Crippen LogP contribution in [0.25, 0.3) is 0 Å². The zero-order valence-corrected chi connectivity index (χ0v) is 29.2. The minimum atomic E-state index is -0.148.